The number of sulfonamides is 1. The molecule has 4 aromatic rings. The average Bonchev–Trinajstić information content (AvgIpc) is 3.67. The van der Waals surface area contributed by atoms with Gasteiger partial charge in [0.15, 0.2) is 0 Å². The van der Waals surface area contributed by atoms with Gasteiger partial charge in [-0.05, 0) is 80.6 Å². The molecule has 1 fully saturated rings. The fraction of sp³-hybridized carbons (Fsp3) is 0.459. The van der Waals surface area contributed by atoms with Crippen molar-refractivity contribution >= 4 is 15.7 Å². The Kier molecular flexibility index (Phi) is 11.2. The first-order valence-corrected chi connectivity index (χ1v) is 18.4. The molecule has 0 saturated carbocycles. The average molecular weight is 690 g/mol. The zero-order chi connectivity index (χ0) is 34.4. The second-order valence-electron chi connectivity index (χ2n) is 13.0. The Morgan fingerprint density at radius 1 is 1.04 bits per heavy atom. The van der Waals surface area contributed by atoms with Crippen LogP contribution in [0.1, 0.15) is 54.8 Å². The van der Waals surface area contributed by atoms with Crippen LogP contribution in [0.25, 0.3) is 0 Å². The summed E-state index contributed by atoms with van der Waals surface area (Å²) in [6.07, 6.45) is 4.85. The number of rotatable bonds is 14. The zero-order valence-corrected chi connectivity index (χ0v) is 29.6. The van der Waals surface area contributed by atoms with E-state index in [-0.39, 0.29) is 29.4 Å². The van der Waals surface area contributed by atoms with Crippen LogP contribution in [-0.4, -0.2) is 86.7 Å². The molecule has 1 saturated heterocycles. The van der Waals surface area contributed by atoms with E-state index in [1.165, 1.54) is 6.33 Å². The summed E-state index contributed by atoms with van der Waals surface area (Å²) in [6.45, 7) is 7.56. The molecule has 0 bridgehead atoms. The molecule has 0 aliphatic carbocycles. The van der Waals surface area contributed by atoms with Gasteiger partial charge in [0.2, 0.25) is 10.0 Å². The molecule has 1 aromatic heterocycles. The van der Waals surface area contributed by atoms with E-state index in [1.54, 1.807) is 41.7 Å². The second-order valence-corrected chi connectivity index (χ2v) is 14.8. The summed E-state index contributed by atoms with van der Waals surface area (Å²) in [4.78, 5) is 6.74. The van der Waals surface area contributed by atoms with Gasteiger partial charge >= 0.3 is 0 Å². The number of ether oxygens (including phenoxy) is 4. The molecule has 2 aliphatic rings. The Morgan fingerprint density at radius 2 is 1.84 bits per heavy atom. The molecular formula is C37H47N5O6S. The molecule has 4 atom stereocenters. The second kappa shape index (κ2) is 15.7. The normalized spacial score (nSPS) is 20.4. The fourth-order valence-corrected chi connectivity index (χ4v) is 8.59. The van der Waals surface area contributed by atoms with E-state index in [2.05, 4.69) is 40.1 Å². The summed E-state index contributed by atoms with van der Waals surface area (Å²) in [6, 6.07) is 20.9. The first kappa shape index (κ1) is 34.9. The first-order chi connectivity index (χ1) is 23.8. The van der Waals surface area contributed by atoms with Gasteiger partial charge in [-0.1, -0.05) is 35.9 Å². The minimum atomic E-state index is -3.85. The van der Waals surface area contributed by atoms with Crippen molar-refractivity contribution in [2.75, 3.05) is 52.0 Å². The van der Waals surface area contributed by atoms with Gasteiger partial charge in [0.05, 0.1) is 43.0 Å². The standard InChI is InChI=1S/C37H47N5O6S/c1-27-6-13-33(14-7-27)49(43,44)42-23-37(48-24-29-8-15-36-35(21-29)40(17-19-47-36)16-5-18-45-3)34(30-9-11-32(46-4)12-10-30)22-31(42)20-28(2)41-26-38-25-39-41/h6-15,21,25-26,28,31,34,37H,5,16-20,22-24H2,1-4H3/t28-,31-,34+,37-/m0/s1. The summed E-state index contributed by atoms with van der Waals surface area (Å²) in [5.41, 5.74) is 4.14. The molecule has 0 N–H and O–H groups in total. The highest BCUT2D eigenvalue weighted by Crippen LogP contribution is 2.40. The largest absolute Gasteiger partial charge is 0.497 e. The number of hydrogen-bond acceptors (Lipinski definition) is 9. The lowest BCUT2D eigenvalue weighted by atomic mass is 9.82. The Bertz CT molecular complexity index is 1750. The Labute approximate surface area is 289 Å². The third kappa shape index (κ3) is 8.09. The van der Waals surface area contributed by atoms with E-state index in [0.29, 0.717) is 32.7 Å². The lowest BCUT2D eigenvalue weighted by molar-refractivity contribution is -0.0224. The molecule has 0 amide bonds. The van der Waals surface area contributed by atoms with Crippen molar-refractivity contribution in [2.45, 2.75) is 68.7 Å². The molecular weight excluding hydrogens is 643 g/mol. The quantitative estimate of drug-likeness (QED) is 0.156. The molecule has 49 heavy (non-hydrogen) atoms. The highest BCUT2D eigenvalue weighted by molar-refractivity contribution is 7.89. The van der Waals surface area contributed by atoms with Crippen molar-refractivity contribution in [1.29, 1.82) is 0 Å². The maximum absolute atomic E-state index is 14.4. The number of methoxy groups -OCH3 is 2. The number of fused-ring (bicyclic) bond motifs is 1. The van der Waals surface area contributed by atoms with Crippen molar-refractivity contribution in [2.24, 2.45) is 0 Å². The van der Waals surface area contributed by atoms with Crippen LogP contribution in [0.3, 0.4) is 0 Å². The van der Waals surface area contributed by atoms with E-state index in [9.17, 15) is 8.42 Å². The van der Waals surface area contributed by atoms with Gasteiger partial charge in [0.25, 0.3) is 0 Å². The van der Waals surface area contributed by atoms with Gasteiger partial charge in [0, 0.05) is 38.8 Å². The lowest BCUT2D eigenvalue weighted by Gasteiger charge is -2.44. The molecule has 0 radical (unpaired) electrons. The monoisotopic (exact) mass is 689 g/mol. The van der Waals surface area contributed by atoms with Crippen LogP contribution in [-0.2, 0) is 26.1 Å². The third-order valence-electron chi connectivity index (χ3n) is 9.64. The van der Waals surface area contributed by atoms with E-state index < -0.39 is 16.1 Å². The van der Waals surface area contributed by atoms with Gasteiger partial charge in [-0.3, -0.25) is 4.68 Å². The van der Waals surface area contributed by atoms with Crippen LogP contribution < -0.4 is 14.4 Å². The van der Waals surface area contributed by atoms with Gasteiger partial charge in [-0.2, -0.15) is 9.40 Å². The lowest BCUT2D eigenvalue weighted by Crippen LogP contribution is -2.52. The van der Waals surface area contributed by atoms with Gasteiger partial charge in [0.1, 0.15) is 30.8 Å². The number of aromatic nitrogens is 3. The van der Waals surface area contributed by atoms with Crippen LogP contribution in [0, 0.1) is 6.92 Å². The highest BCUT2D eigenvalue weighted by Gasteiger charge is 2.43. The minimum absolute atomic E-state index is 0.0603. The molecule has 2 aliphatic heterocycles. The van der Waals surface area contributed by atoms with Gasteiger partial charge in [-0.15, -0.1) is 0 Å². The maximum Gasteiger partial charge on any atom is 0.243 e. The summed E-state index contributed by atoms with van der Waals surface area (Å²) in [5, 5.41) is 4.35. The molecule has 3 aromatic carbocycles. The molecule has 262 valence electrons. The summed E-state index contributed by atoms with van der Waals surface area (Å²) in [7, 11) is -0.476. The first-order valence-electron chi connectivity index (χ1n) is 16.9. The fourth-order valence-electron chi connectivity index (χ4n) is 6.93. The van der Waals surface area contributed by atoms with Crippen LogP contribution >= 0.6 is 0 Å². The molecule has 3 heterocycles. The summed E-state index contributed by atoms with van der Waals surface area (Å²) in [5.74, 6) is 1.57. The Hall–Kier alpha value is -3.97. The van der Waals surface area contributed by atoms with Crippen LogP contribution in [0.5, 0.6) is 11.5 Å². The van der Waals surface area contributed by atoms with Crippen molar-refractivity contribution in [3.8, 4) is 11.5 Å². The minimum Gasteiger partial charge on any atom is -0.497 e. The maximum atomic E-state index is 14.4. The zero-order valence-electron chi connectivity index (χ0n) is 28.8. The molecule has 6 rings (SSSR count). The van der Waals surface area contributed by atoms with E-state index in [0.717, 1.165) is 53.4 Å². The van der Waals surface area contributed by atoms with E-state index in [1.807, 2.05) is 43.3 Å². The smallest absolute Gasteiger partial charge is 0.243 e. The number of benzene rings is 3. The predicted molar refractivity (Wildman–Crippen MR) is 188 cm³/mol. The molecule has 0 spiro atoms. The SMILES string of the molecule is COCCCN1CCOc2ccc(CO[C@H]3CN(S(=O)(=O)c4ccc(C)cc4)[C@@H](C[C@H](C)n4cncn4)C[C@@H]3c3ccc(OC)cc3)cc21. The molecule has 11 nitrogen and oxygen atoms in total. The number of aryl methyl sites for hydroxylation is 1. The number of hydrogen-bond donors (Lipinski definition) is 0. The molecule has 0 unspecified atom stereocenters. The summed E-state index contributed by atoms with van der Waals surface area (Å²) >= 11 is 0. The van der Waals surface area contributed by atoms with Crippen LogP contribution in [0.15, 0.2) is 84.3 Å². The van der Waals surface area contributed by atoms with Gasteiger partial charge in [-0.25, -0.2) is 13.4 Å². The Morgan fingerprint density at radius 3 is 2.55 bits per heavy atom. The molecule has 12 heteroatoms. The highest BCUT2D eigenvalue weighted by atomic mass is 32.2. The van der Waals surface area contributed by atoms with Gasteiger partial charge < -0.3 is 23.8 Å². The third-order valence-corrected chi connectivity index (χ3v) is 11.6. The van der Waals surface area contributed by atoms with E-state index >= 15 is 0 Å². The van der Waals surface area contributed by atoms with Crippen LogP contribution in [0.2, 0.25) is 0 Å². The predicted octanol–water partition coefficient (Wildman–Crippen LogP) is 5.61. The van der Waals surface area contributed by atoms with Crippen LogP contribution in [0.4, 0.5) is 5.69 Å². The van der Waals surface area contributed by atoms with Crippen molar-refractivity contribution < 1.29 is 27.4 Å². The Balaban J connectivity index is 1.31. The van der Waals surface area contributed by atoms with Crippen molar-refractivity contribution in [3.63, 3.8) is 0 Å². The topological polar surface area (TPSA) is 108 Å². The van der Waals surface area contributed by atoms with E-state index in [4.69, 9.17) is 18.9 Å². The summed E-state index contributed by atoms with van der Waals surface area (Å²) < 4.78 is 55.8. The van der Waals surface area contributed by atoms with Crippen molar-refractivity contribution in [3.05, 3.63) is 96.1 Å². The number of anilines is 1. The van der Waals surface area contributed by atoms with Crippen molar-refractivity contribution in [1.82, 2.24) is 19.1 Å². The number of nitrogens with zero attached hydrogens (tertiary/aromatic N) is 5. The number of piperidine rings is 1.